The summed E-state index contributed by atoms with van der Waals surface area (Å²) in [7, 11) is 0. The lowest BCUT2D eigenvalue weighted by molar-refractivity contribution is -0.136. The molecule has 0 radical (unpaired) electrons. The molecule has 0 heterocycles. The van der Waals surface area contributed by atoms with Crippen LogP contribution in [0.1, 0.15) is 36.2 Å². The van der Waals surface area contributed by atoms with Gasteiger partial charge in [-0.2, -0.15) is 5.10 Å². The average molecular weight is 490 g/mol. The molecule has 36 heavy (non-hydrogen) atoms. The number of esters is 1. The van der Waals surface area contributed by atoms with E-state index >= 15 is 0 Å². The summed E-state index contributed by atoms with van der Waals surface area (Å²) in [6.07, 6.45) is 2.23. The van der Waals surface area contributed by atoms with Crippen LogP contribution in [0.5, 0.6) is 17.2 Å². The number of amides is 2. The number of para-hydroxylation sites is 1. The number of ether oxygens (including phenoxy) is 3. The Hall–Kier alpha value is -4.66. The van der Waals surface area contributed by atoms with E-state index in [-0.39, 0.29) is 5.75 Å². The molecule has 0 spiro atoms. The van der Waals surface area contributed by atoms with Crippen molar-refractivity contribution in [2.45, 2.75) is 20.3 Å². The second kappa shape index (κ2) is 13.3. The molecule has 0 saturated carbocycles. The van der Waals surface area contributed by atoms with E-state index in [9.17, 15) is 14.4 Å². The van der Waals surface area contributed by atoms with Crippen LogP contribution in [-0.2, 0) is 9.59 Å². The molecule has 186 valence electrons. The molecule has 0 aromatic heterocycles. The van der Waals surface area contributed by atoms with Gasteiger partial charge in [-0.15, -0.1) is 0 Å². The molecule has 3 rings (SSSR count). The molecule has 0 aliphatic heterocycles. The van der Waals surface area contributed by atoms with Crippen molar-refractivity contribution in [2.24, 2.45) is 5.10 Å². The van der Waals surface area contributed by atoms with Crippen molar-refractivity contribution in [3.8, 4) is 17.2 Å². The third kappa shape index (κ3) is 7.69. The van der Waals surface area contributed by atoms with Gasteiger partial charge >= 0.3 is 17.8 Å². The van der Waals surface area contributed by atoms with Crippen LogP contribution < -0.4 is 25.0 Å². The maximum Gasteiger partial charge on any atom is 0.343 e. The van der Waals surface area contributed by atoms with E-state index in [1.807, 2.05) is 6.92 Å². The highest BCUT2D eigenvalue weighted by Crippen LogP contribution is 2.29. The minimum atomic E-state index is -0.920. The Morgan fingerprint density at radius 2 is 1.61 bits per heavy atom. The number of hydrogen-bond acceptors (Lipinski definition) is 7. The number of anilines is 1. The number of benzene rings is 3. The first-order valence-electron chi connectivity index (χ1n) is 11.4. The molecule has 9 nitrogen and oxygen atoms in total. The van der Waals surface area contributed by atoms with Crippen LogP contribution in [-0.4, -0.2) is 37.2 Å². The number of carbonyl (C=O) groups excluding carboxylic acids is 3. The van der Waals surface area contributed by atoms with Gasteiger partial charge in [-0.05, 0) is 73.5 Å². The Balaban J connectivity index is 1.61. The SMILES string of the molecule is CCCOc1ccc(C(=O)Oc2ccc(C=NNC(=O)C(=O)Nc3ccccc3)cc2OCC)cc1. The fourth-order valence-electron chi connectivity index (χ4n) is 2.95. The number of hydrazone groups is 1. The normalized spacial score (nSPS) is 10.5. The molecule has 2 amide bonds. The zero-order valence-corrected chi connectivity index (χ0v) is 20.0. The summed E-state index contributed by atoms with van der Waals surface area (Å²) in [5.74, 6) is -1.08. The van der Waals surface area contributed by atoms with Crippen LogP contribution in [0.25, 0.3) is 0 Å². The van der Waals surface area contributed by atoms with Crippen LogP contribution in [0.3, 0.4) is 0 Å². The molecule has 9 heteroatoms. The van der Waals surface area contributed by atoms with Crippen molar-refractivity contribution in [3.63, 3.8) is 0 Å². The quantitative estimate of drug-likeness (QED) is 0.145. The van der Waals surface area contributed by atoms with Gasteiger partial charge in [-0.25, -0.2) is 10.2 Å². The van der Waals surface area contributed by atoms with E-state index in [1.54, 1.807) is 79.7 Å². The van der Waals surface area contributed by atoms with Gasteiger partial charge in [0.1, 0.15) is 5.75 Å². The smallest absolute Gasteiger partial charge is 0.343 e. The molecule has 0 aliphatic rings. The van der Waals surface area contributed by atoms with Crippen molar-refractivity contribution in [1.82, 2.24) is 5.43 Å². The van der Waals surface area contributed by atoms with Gasteiger partial charge in [0.25, 0.3) is 0 Å². The fraction of sp³-hybridized carbons (Fsp3) is 0.185. The summed E-state index contributed by atoms with van der Waals surface area (Å²) < 4.78 is 16.6. The lowest BCUT2D eigenvalue weighted by Gasteiger charge is -2.12. The van der Waals surface area contributed by atoms with Gasteiger partial charge in [0.2, 0.25) is 0 Å². The zero-order chi connectivity index (χ0) is 25.8. The van der Waals surface area contributed by atoms with Gasteiger partial charge < -0.3 is 19.5 Å². The summed E-state index contributed by atoms with van der Waals surface area (Å²) in [6.45, 7) is 4.75. The highest BCUT2D eigenvalue weighted by molar-refractivity contribution is 6.39. The lowest BCUT2D eigenvalue weighted by atomic mass is 10.2. The first kappa shape index (κ1) is 26.0. The molecule has 3 aromatic rings. The fourth-order valence-corrected chi connectivity index (χ4v) is 2.95. The molecule has 2 N–H and O–H groups in total. The number of hydrogen-bond donors (Lipinski definition) is 2. The van der Waals surface area contributed by atoms with E-state index in [2.05, 4.69) is 15.8 Å². The van der Waals surface area contributed by atoms with Gasteiger partial charge in [0, 0.05) is 5.69 Å². The van der Waals surface area contributed by atoms with Crippen molar-refractivity contribution in [1.29, 1.82) is 0 Å². The standard InChI is InChI=1S/C27H27N3O6/c1-3-16-35-22-13-11-20(12-14-22)27(33)36-23-15-10-19(17-24(23)34-4-2)18-28-30-26(32)25(31)29-21-8-6-5-7-9-21/h5-15,17-18H,3-4,16H2,1-2H3,(H,29,31)(H,30,32). The summed E-state index contributed by atoms with van der Waals surface area (Å²) >= 11 is 0. The molecule has 0 aliphatic carbocycles. The molecular weight excluding hydrogens is 462 g/mol. The molecule has 0 unspecified atom stereocenters. The molecule has 0 atom stereocenters. The van der Waals surface area contributed by atoms with Crippen LogP contribution >= 0.6 is 0 Å². The summed E-state index contributed by atoms with van der Waals surface area (Å²) in [6, 6.07) is 20.1. The Bertz CT molecular complexity index is 1210. The first-order valence-corrected chi connectivity index (χ1v) is 11.4. The van der Waals surface area contributed by atoms with Gasteiger partial charge in [-0.1, -0.05) is 25.1 Å². The second-order valence-electron chi connectivity index (χ2n) is 7.42. The molecular formula is C27H27N3O6. The van der Waals surface area contributed by atoms with E-state index in [4.69, 9.17) is 14.2 Å². The van der Waals surface area contributed by atoms with E-state index in [1.165, 1.54) is 6.21 Å². The minimum Gasteiger partial charge on any atom is -0.494 e. The summed E-state index contributed by atoms with van der Waals surface area (Å²) in [4.78, 5) is 36.5. The van der Waals surface area contributed by atoms with E-state index in [0.29, 0.717) is 41.5 Å². The molecule has 3 aromatic carbocycles. The van der Waals surface area contributed by atoms with Crippen LogP contribution in [0.4, 0.5) is 5.69 Å². The molecule has 0 fully saturated rings. The highest BCUT2D eigenvalue weighted by atomic mass is 16.6. The Kier molecular flexibility index (Phi) is 9.58. The van der Waals surface area contributed by atoms with Crippen molar-refractivity contribution in [2.75, 3.05) is 18.5 Å². The third-order valence-electron chi connectivity index (χ3n) is 4.65. The predicted molar refractivity (Wildman–Crippen MR) is 136 cm³/mol. The summed E-state index contributed by atoms with van der Waals surface area (Å²) in [5.41, 5.74) is 3.58. The van der Waals surface area contributed by atoms with E-state index in [0.717, 1.165) is 6.42 Å². The monoisotopic (exact) mass is 489 g/mol. The van der Waals surface area contributed by atoms with Gasteiger partial charge in [0.05, 0.1) is 25.0 Å². The Labute approximate surface area is 209 Å². The molecule has 0 saturated heterocycles. The number of nitrogens with one attached hydrogen (secondary N) is 2. The Morgan fingerprint density at radius 3 is 2.31 bits per heavy atom. The average Bonchev–Trinajstić information content (AvgIpc) is 2.89. The predicted octanol–water partition coefficient (Wildman–Crippen LogP) is 4.18. The number of nitrogens with zero attached hydrogens (tertiary/aromatic N) is 1. The van der Waals surface area contributed by atoms with Crippen molar-refractivity contribution in [3.05, 3.63) is 83.9 Å². The molecule has 0 bridgehead atoms. The third-order valence-corrected chi connectivity index (χ3v) is 4.65. The zero-order valence-electron chi connectivity index (χ0n) is 20.0. The summed E-state index contributed by atoms with van der Waals surface area (Å²) in [5, 5.41) is 6.28. The topological polar surface area (TPSA) is 115 Å². The maximum atomic E-state index is 12.6. The highest BCUT2D eigenvalue weighted by Gasteiger charge is 2.14. The van der Waals surface area contributed by atoms with Gasteiger partial charge in [0.15, 0.2) is 11.5 Å². The lowest BCUT2D eigenvalue weighted by Crippen LogP contribution is -2.32. The second-order valence-corrected chi connectivity index (χ2v) is 7.42. The largest absolute Gasteiger partial charge is 0.494 e. The van der Waals surface area contributed by atoms with Crippen LogP contribution in [0.2, 0.25) is 0 Å². The maximum absolute atomic E-state index is 12.6. The first-order chi connectivity index (χ1) is 17.5. The van der Waals surface area contributed by atoms with E-state index < -0.39 is 17.8 Å². The Morgan fingerprint density at radius 1 is 0.861 bits per heavy atom. The van der Waals surface area contributed by atoms with Gasteiger partial charge in [-0.3, -0.25) is 9.59 Å². The number of carbonyl (C=O) groups is 3. The van der Waals surface area contributed by atoms with Crippen LogP contribution in [0, 0.1) is 0 Å². The van der Waals surface area contributed by atoms with Crippen LogP contribution in [0.15, 0.2) is 77.9 Å². The van der Waals surface area contributed by atoms with Crippen molar-refractivity contribution >= 4 is 29.7 Å². The minimum absolute atomic E-state index is 0.233. The van der Waals surface area contributed by atoms with Crippen molar-refractivity contribution < 1.29 is 28.6 Å². The number of rotatable bonds is 10.